The van der Waals surface area contributed by atoms with Crippen molar-refractivity contribution in [3.8, 4) is 0 Å². The Balaban J connectivity index is 2.25. The molecule has 3 nitrogen and oxygen atoms in total. The van der Waals surface area contributed by atoms with E-state index in [0.29, 0.717) is 17.2 Å². The van der Waals surface area contributed by atoms with Crippen LogP contribution in [-0.4, -0.2) is 16.5 Å². The molecule has 0 atom stereocenters. The van der Waals surface area contributed by atoms with E-state index in [4.69, 9.17) is 0 Å². The zero-order valence-electron chi connectivity index (χ0n) is 10.3. The summed E-state index contributed by atoms with van der Waals surface area (Å²) in [6.07, 6.45) is 1.90. The standard InChI is InChI=1S/C13H12BrF2N3/c1-2-17-13-11(14)7-18-12(19-13)5-8-3-9(15)6-10(16)4-8/h3-4,6-7H,2,5H2,1H3,(H,17,18,19). The van der Waals surface area contributed by atoms with Crippen molar-refractivity contribution in [3.05, 3.63) is 51.9 Å². The van der Waals surface area contributed by atoms with Crippen LogP contribution in [0.25, 0.3) is 0 Å². The van der Waals surface area contributed by atoms with Crippen LogP contribution in [0, 0.1) is 11.6 Å². The summed E-state index contributed by atoms with van der Waals surface area (Å²) in [7, 11) is 0. The molecular formula is C13H12BrF2N3. The molecular weight excluding hydrogens is 316 g/mol. The van der Waals surface area contributed by atoms with Gasteiger partial charge < -0.3 is 5.32 Å². The Morgan fingerprint density at radius 3 is 2.53 bits per heavy atom. The molecule has 0 fully saturated rings. The third-order valence-electron chi connectivity index (χ3n) is 2.42. The van der Waals surface area contributed by atoms with Gasteiger partial charge in [0, 0.05) is 25.2 Å². The molecule has 1 aromatic carbocycles. The highest BCUT2D eigenvalue weighted by Crippen LogP contribution is 2.19. The lowest BCUT2D eigenvalue weighted by Gasteiger charge is -2.07. The maximum Gasteiger partial charge on any atom is 0.144 e. The van der Waals surface area contributed by atoms with Crippen LogP contribution in [0.1, 0.15) is 18.3 Å². The quantitative estimate of drug-likeness (QED) is 0.933. The number of hydrogen-bond donors (Lipinski definition) is 1. The van der Waals surface area contributed by atoms with E-state index >= 15 is 0 Å². The van der Waals surface area contributed by atoms with Crippen molar-refractivity contribution in [1.82, 2.24) is 9.97 Å². The molecule has 19 heavy (non-hydrogen) atoms. The molecule has 100 valence electrons. The Labute approximate surface area is 118 Å². The first-order valence-electron chi connectivity index (χ1n) is 5.78. The van der Waals surface area contributed by atoms with Gasteiger partial charge in [0.05, 0.1) is 4.47 Å². The second-order valence-electron chi connectivity index (χ2n) is 3.97. The fraction of sp³-hybridized carbons (Fsp3) is 0.231. The molecule has 0 saturated carbocycles. The number of nitrogens with one attached hydrogen (secondary N) is 1. The summed E-state index contributed by atoms with van der Waals surface area (Å²) in [5.41, 5.74) is 0.502. The molecule has 0 unspecified atom stereocenters. The lowest BCUT2D eigenvalue weighted by Crippen LogP contribution is -2.05. The van der Waals surface area contributed by atoms with Crippen molar-refractivity contribution in [3.63, 3.8) is 0 Å². The summed E-state index contributed by atoms with van der Waals surface area (Å²) in [6.45, 7) is 2.68. The van der Waals surface area contributed by atoms with E-state index in [-0.39, 0.29) is 6.42 Å². The number of nitrogens with zero attached hydrogens (tertiary/aromatic N) is 2. The monoisotopic (exact) mass is 327 g/mol. The van der Waals surface area contributed by atoms with Gasteiger partial charge in [0.25, 0.3) is 0 Å². The molecule has 1 aromatic heterocycles. The highest BCUT2D eigenvalue weighted by atomic mass is 79.9. The van der Waals surface area contributed by atoms with E-state index in [0.717, 1.165) is 17.1 Å². The van der Waals surface area contributed by atoms with E-state index < -0.39 is 11.6 Å². The van der Waals surface area contributed by atoms with Gasteiger partial charge in [-0.25, -0.2) is 18.7 Å². The Morgan fingerprint density at radius 2 is 1.89 bits per heavy atom. The number of halogens is 3. The molecule has 0 bridgehead atoms. The minimum Gasteiger partial charge on any atom is -0.369 e. The van der Waals surface area contributed by atoms with E-state index in [1.165, 1.54) is 12.1 Å². The molecule has 0 spiro atoms. The van der Waals surface area contributed by atoms with Gasteiger partial charge in [-0.3, -0.25) is 0 Å². The maximum atomic E-state index is 13.1. The first-order valence-corrected chi connectivity index (χ1v) is 6.58. The van der Waals surface area contributed by atoms with Crippen molar-refractivity contribution in [2.24, 2.45) is 0 Å². The molecule has 2 aromatic rings. The molecule has 0 saturated heterocycles. The van der Waals surface area contributed by atoms with Crippen LogP contribution in [-0.2, 0) is 6.42 Å². The van der Waals surface area contributed by atoms with Crippen LogP contribution in [0.15, 0.2) is 28.9 Å². The van der Waals surface area contributed by atoms with Crippen LogP contribution in [0.5, 0.6) is 0 Å². The number of rotatable bonds is 4. The lowest BCUT2D eigenvalue weighted by atomic mass is 10.1. The normalized spacial score (nSPS) is 10.5. The van der Waals surface area contributed by atoms with Crippen molar-refractivity contribution in [2.45, 2.75) is 13.3 Å². The zero-order valence-corrected chi connectivity index (χ0v) is 11.8. The van der Waals surface area contributed by atoms with Crippen molar-refractivity contribution >= 4 is 21.7 Å². The largest absolute Gasteiger partial charge is 0.369 e. The number of hydrogen-bond acceptors (Lipinski definition) is 3. The van der Waals surface area contributed by atoms with Gasteiger partial charge in [0.2, 0.25) is 0 Å². The highest BCUT2D eigenvalue weighted by molar-refractivity contribution is 9.10. The Kier molecular flexibility index (Phi) is 4.42. The summed E-state index contributed by atoms with van der Waals surface area (Å²) >= 11 is 3.33. The average molecular weight is 328 g/mol. The SMILES string of the molecule is CCNc1nc(Cc2cc(F)cc(F)c2)ncc1Br. The molecule has 6 heteroatoms. The summed E-state index contributed by atoms with van der Waals surface area (Å²) < 4.78 is 26.9. The van der Waals surface area contributed by atoms with Crippen LogP contribution in [0.4, 0.5) is 14.6 Å². The van der Waals surface area contributed by atoms with Crippen LogP contribution in [0.2, 0.25) is 0 Å². The second kappa shape index (κ2) is 6.06. The zero-order chi connectivity index (χ0) is 13.8. The van der Waals surface area contributed by atoms with Gasteiger partial charge in [0.15, 0.2) is 0 Å². The summed E-state index contributed by atoms with van der Waals surface area (Å²) in [6, 6.07) is 3.40. The lowest BCUT2D eigenvalue weighted by molar-refractivity contribution is 0.580. The molecule has 0 aliphatic heterocycles. The predicted molar refractivity (Wildman–Crippen MR) is 73.1 cm³/mol. The third kappa shape index (κ3) is 3.70. The van der Waals surface area contributed by atoms with Crippen LogP contribution in [0.3, 0.4) is 0 Å². The van der Waals surface area contributed by atoms with Gasteiger partial charge >= 0.3 is 0 Å². The highest BCUT2D eigenvalue weighted by Gasteiger charge is 2.07. The topological polar surface area (TPSA) is 37.8 Å². The van der Waals surface area contributed by atoms with Crippen molar-refractivity contribution in [2.75, 3.05) is 11.9 Å². The van der Waals surface area contributed by atoms with Gasteiger partial charge in [0.1, 0.15) is 23.3 Å². The third-order valence-corrected chi connectivity index (χ3v) is 3.00. The van der Waals surface area contributed by atoms with Crippen LogP contribution < -0.4 is 5.32 Å². The summed E-state index contributed by atoms with van der Waals surface area (Å²) in [5.74, 6) is -0.0217. The second-order valence-corrected chi connectivity index (χ2v) is 4.82. The molecule has 1 heterocycles. The van der Waals surface area contributed by atoms with Gasteiger partial charge in [-0.2, -0.15) is 0 Å². The Bertz CT molecular complexity index is 570. The molecule has 0 aliphatic carbocycles. The smallest absolute Gasteiger partial charge is 0.144 e. The Morgan fingerprint density at radius 1 is 1.21 bits per heavy atom. The maximum absolute atomic E-state index is 13.1. The Hall–Kier alpha value is -1.56. The van der Waals surface area contributed by atoms with E-state index in [2.05, 4.69) is 31.2 Å². The minimum absolute atomic E-state index is 0.278. The van der Waals surface area contributed by atoms with Crippen molar-refractivity contribution in [1.29, 1.82) is 0 Å². The fourth-order valence-electron chi connectivity index (χ4n) is 1.68. The van der Waals surface area contributed by atoms with E-state index in [1.807, 2.05) is 6.92 Å². The molecule has 2 rings (SSSR count). The predicted octanol–water partition coefficient (Wildman–Crippen LogP) is 3.54. The van der Waals surface area contributed by atoms with Crippen molar-refractivity contribution < 1.29 is 8.78 Å². The summed E-state index contributed by atoms with van der Waals surface area (Å²) in [5, 5.41) is 3.08. The van der Waals surface area contributed by atoms with E-state index in [1.54, 1.807) is 6.20 Å². The minimum atomic E-state index is -0.598. The first kappa shape index (κ1) is 13.9. The molecule has 1 N–H and O–H groups in total. The number of aromatic nitrogens is 2. The van der Waals surface area contributed by atoms with Gasteiger partial charge in [-0.15, -0.1) is 0 Å². The summed E-state index contributed by atoms with van der Waals surface area (Å²) in [4.78, 5) is 8.44. The number of benzene rings is 1. The molecule has 0 amide bonds. The average Bonchev–Trinajstić information content (AvgIpc) is 2.32. The fourth-order valence-corrected chi connectivity index (χ4v) is 2.01. The number of anilines is 1. The molecule has 0 aliphatic rings. The van der Waals surface area contributed by atoms with Crippen LogP contribution >= 0.6 is 15.9 Å². The molecule has 0 radical (unpaired) electrons. The first-order chi connectivity index (χ1) is 9.08. The van der Waals surface area contributed by atoms with E-state index in [9.17, 15) is 8.78 Å². The van der Waals surface area contributed by atoms with Gasteiger partial charge in [-0.1, -0.05) is 0 Å². The van der Waals surface area contributed by atoms with Gasteiger partial charge in [-0.05, 0) is 40.5 Å².